The molecule has 0 atom stereocenters. The van der Waals surface area contributed by atoms with Gasteiger partial charge >= 0.3 is 0 Å². The minimum atomic E-state index is 0.850. The lowest BCUT2D eigenvalue weighted by Gasteiger charge is -1.86. The van der Waals surface area contributed by atoms with Gasteiger partial charge in [0.25, 0.3) is 0 Å². The van der Waals surface area contributed by atoms with Gasteiger partial charge in [0.2, 0.25) is 0 Å². The Morgan fingerprint density at radius 2 is 2.00 bits per heavy atom. The number of aliphatic imine (C=N–C) groups is 1. The normalized spacial score (nSPS) is 10.3. The number of allylic oxidation sites excluding steroid dienone is 1. The number of unbranched alkanes of at least 4 members (excludes halogenated alkanes) is 1. The molecule has 0 rings (SSSR count). The van der Waals surface area contributed by atoms with Crippen LogP contribution >= 0.6 is 0 Å². The van der Waals surface area contributed by atoms with Crippen molar-refractivity contribution in [2.45, 2.75) is 33.6 Å². The molecule has 1 nitrogen and oxygen atoms in total. The van der Waals surface area contributed by atoms with Gasteiger partial charge < -0.3 is 0 Å². The molecule has 0 fully saturated rings. The Morgan fingerprint density at radius 3 is 2.50 bits per heavy atom. The molecule has 0 unspecified atom stereocenters. The lowest BCUT2D eigenvalue weighted by atomic mass is 10.3. The van der Waals surface area contributed by atoms with Crippen LogP contribution in [-0.4, -0.2) is 12.3 Å². The van der Waals surface area contributed by atoms with Crippen LogP contribution in [0.2, 0.25) is 0 Å². The number of rotatable bonds is 4. The van der Waals surface area contributed by atoms with Crippen molar-refractivity contribution in [3.8, 4) is 0 Å². The third-order valence-corrected chi connectivity index (χ3v) is 1.13. The first kappa shape index (κ1) is 9.41. The van der Waals surface area contributed by atoms with E-state index in [1.807, 2.05) is 13.8 Å². The molecule has 10 heavy (non-hydrogen) atoms. The average molecular weight is 139 g/mol. The van der Waals surface area contributed by atoms with Gasteiger partial charge in [0, 0.05) is 5.71 Å². The zero-order valence-corrected chi connectivity index (χ0v) is 7.22. The van der Waals surface area contributed by atoms with Gasteiger partial charge in [-0.15, -0.1) is 0 Å². The fourth-order valence-electron chi connectivity index (χ4n) is 0.594. The van der Waals surface area contributed by atoms with Crippen LogP contribution in [0, 0.1) is 0 Å². The second-order valence-corrected chi connectivity index (χ2v) is 2.55. The van der Waals surface area contributed by atoms with E-state index in [1.165, 1.54) is 12.8 Å². The smallest absolute Gasteiger partial charge is 0.0569 e. The van der Waals surface area contributed by atoms with Crippen molar-refractivity contribution < 1.29 is 0 Å². The summed E-state index contributed by atoms with van der Waals surface area (Å²) < 4.78 is 0. The van der Waals surface area contributed by atoms with E-state index in [2.05, 4.69) is 24.1 Å². The van der Waals surface area contributed by atoms with E-state index in [1.54, 1.807) is 0 Å². The van der Waals surface area contributed by atoms with Gasteiger partial charge in [-0.05, 0) is 20.3 Å². The van der Waals surface area contributed by atoms with E-state index in [0.29, 0.717) is 0 Å². The molecule has 0 amide bonds. The molecule has 0 aromatic rings. The number of hydrogen-bond acceptors (Lipinski definition) is 1. The Morgan fingerprint density at radius 1 is 1.30 bits per heavy atom. The van der Waals surface area contributed by atoms with E-state index in [-0.39, 0.29) is 0 Å². The summed E-state index contributed by atoms with van der Waals surface area (Å²) in [5.41, 5.74) is 1.15. The van der Waals surface area contributed by atoms with Crippen LogP contribution in [0.4, 0.5) is 0 Å². The van der Waals surface area contributed by atoms with Crippen LogP contribution in [0.3, 0.4) is 0 Å². The topological polar surface area (TPSA) is 12.4 Å². The monoisotopic (exact) mass is 139 g/mol. The highest BCUT2D eigenvalue weighted by atomic mass is 14.7. The molecule has 0 aromatic carbocycles. The molecule has 0 saturated carbocycles. The molecule has 0 bridgehead atoms. The fraction of sp³-hybridized carbons (Fsp3) is 0.667. The maximum absolute atomic E-state index is 4.23. The molecule has 0 aromatic heterocycles. The van der Waals surface area contributed by atoms with Gasteiger partial charge in [-0.25, -0.2) is 0 Å². The molecule has 0 aliphatic rings. The lowest BCUT2D eigenvalue weighted by Crippen LogP contribution is -1.82. The highest BCUT2D eigenvalue weighted by Crippen LogP contribution is 1.88. The molecule has 0 spiro atoms. The first-order valence-corrected chi connectivity index (χ1v) is 3.90. The molecular formula is C9H17N. The molecule has 0 heterocycles. The summed E-state index contributed by atoms with van der Waals surface area (Å²) in [6.07, 6.45) is 6.71. The Labute approximate surface area is 63.9 Å². The molecule has 0 aliphatic carbocycles. The fourth-order valence-corrected chi connectivity index (χ4v) is 0.594. The zero-order chi connectivity index (χ0) is 7.82. The molecular weight excluding hydrogens is 122 g/mol. The van der Waals surface area contributed by atoms with Crippen LogP contribution in [-0.2, 0) is 0 Å². The van der Waals surface area contributed by atoms with E-state index >= 15 is 0 Å². The van der Waals surface area contributed by atoms with Crippen molar-refractivity contribution in [2.24, 2.45) is 4.99 Å². The van der Waals surface area contributed by atoms with Crippen LogP contribution in [0.1, 0.15) is 33.6 Å². The third kappa shape index (κ3) is 7.41. The molecule has 58 valence electrons. The van der Waals surface area contributed by atoms with Crippen LogP contribution in [0.5, 0.6) is 0 Å². The van der Waals surface area contributed by atoms with Gasteiger partial charge in [0.15, 0.2) is 0 Å². The predicted molar refractivity (Wildman–Crippen MR) is 47.7 cm³/mol. The molecule has 0 radical (unpaired) electrons. The molecule has 0 aliphatic heterocycles. The Bertz CT molecular complexity index is 119. The first-order chi connectivity index (χ1) is 4.77. The molecule has 0 N–H and O–H groups in total. The predicted octanol–water partition coefficient (Wildman–Crippen LogP) is 2.82. The maximum Gasteiger partial charge on any atom is 0.0569 e. The van der Waals surface area contributed by atoms with Crippen LogP contribution in [0.15, 0.2) is 17.1 Å². The Kier molecular flexibility index (Phi) is 6.14. The summed E-state index contributed by atoms with van der Waals surface area (Å²) in [5.74, 6) is 0. The number of hydrogen-bond donors (Lipinski definition) is 0. The van der Waals surface area contributed by atoms with Gasteiger partial charge in [0.05, 0.1) is 6.54 Å². The van der Waals surface area contributed by atoms with E-state index in [0.717, 1.165) is 12.3 Å². The average Bonchev–Trinajstić information content (AvgIpc) is 1.87. The van der Waals surface area contributed by atoms with Crippen molar-refractivity contribution in [3.63, 3.8) is 0 Å². The zero-order valence-electron chi connectivity index (χ0n) is 7.22. The van der Waals surface area contributed by atoms with Crippen LogP contribution < -0.4 is 0 Å². The third-order valence-electron chi connectivity index (χ3n) is 1.13. The van der Waals surface area contributed by atoms with Crippen molar-refractivity contribution in [1.82, 2.24) is 0 Å². The van der Waals surface area contributed by atoms with Gasteiger partial charge in [-0.1, -0.05) is 25.5 Å². The van der Waals surface area contributed by atoms with Crippen LogP contribution in [0.25, 0.3) is 0 Å². The van der Waals surface area contributed by atoms with Crippen molar-refractivity contribution >= 4 is 5.71 Å². The summed E-state index contributed by atoms with van der Waals surface area (Å²) in [5, 5.41) is 0. The first-order valence-electron chi connectivity index (χ1n) is 3.90. The van der Waals surface area contributed by atoms with E-state index in [9.17, 15) is 0 Å². The highest BCUT2D eigenvalue weighted by Gasteiger charge is 1.75. The Hall–Kier alpha value is -0.590. The number of nitrogens with zero attached hydrogens (tertiary/aromatic N) is 1. The molecule has 1 heteroatoms. The van der Waals surface area contributed by atoms with Gasteiger partial charge in [-0.2, -0.15) is 0 Å². The standard InChI is InChI=1S/C9H17N/c1-4-5-6-7-8-10-9(2)3/h6-7H,4-5,8H2,1-3H3. The minimum Gasteiger partial charge on any atom is -0.291 e. The second kappa shape index (κ2) is 6.53. The minimum absolute atomic E-state index is 0.850. The second-order valence-electron chi connectivity index (χ2n) is 2.55. The maximum atomic E-state index is 4.23. The Balaban J connectivity index is 3.27. The largest absolute Gasteiger partial charge is 0.291 e. The van der Waals surface area contributed by atoms with E-state index < -0.39 is 0 Å². The SMILES string of the molecule is CCCC=CCN=C(C)C. The summed E-state index contributed by atoms with van der Waals surface area (Å²) in [6.45, 7) is 7.07. The highest BCUT2D eigenvalue weighted by molar-refractivity contribution is 5.79. The van der Waals surface area contributed by atoms with Crippen molar-refractivity contribution in [1.29, 1.82) is 0 Å². The summed E-state index contributed by atoms with van der Waals surface area (Å²) in [4.78, 5) is 4.23. The van der Waals surface area contributed by atoms with Crippen molar-refractivity contribution in [2.75, 3.05) is 6.54 Å². The van der Waals surface area contributed by atoms with Gasteiger partial charge in [0.1, 0.15) is 0 Å². The van der Waals surface area contributed by atoms with Gasteiger partial charge in [-0.3, -0.25) is 4.99 Å². The van der Waals surface area contributed by atoms with E-state index in [4.69, 9.17) is 0 Å². The summed E-state index contributed by atoms with van der Waals surface area (Å²) >= 11 is 0. The lowest BCUT2D eigenvalue weighted by molar-refractivity contribution is 0.953. The summed E-state index contributed by atoms with van der Waals surface area (Å²) in [6, 6.07) is 0. The summed E-state index contributed by atoms with van der Waals surface area (Å²) in [7, 11) is 0. The quantitative estimate of drug-likeness (QED) is 0.419. The van der Waals surface area contributed by atoms with Crippen molar-refractivity contribution in [3.05, 3.63) is 12.2 Å². The molecule has 0 saturated heterocycles.